The summed E-state index contributed by atoms with van der Waals surface area (Å²) >= 11 is 0. The predicted molar refractivity (Wildman–Crippen MR) is 63.8 cm³/mol. The molecule has 2 bridgehead atoms. The molecule has 0 aromatic heterocycles. The number of nitrogens with zero attached hydrogens (tertiary/aromatic N) is 2. The van der Waals surface area contributed by atoms with Gasteiger partial charge in [0.1, 0.15) is 0 Å². The van der Waals surface area contributed by atoms with Gasteiger partial charge in [0.15, 0.2) is 6.19 Å². The Morgan fingerprint density at radius 1 is 1.18 bits per heavy atom. The molecule has 88 valence electrons. The molecule has 2 heterocycles. The standard InChI is InChI=1S/C14H16N2O/c15-10-16-12-6-7-13(16)9-14(17,8-12)11-4-2-1-3-5-11/h1-5,12-13,17H,6-9H2/t12-,13-/m1/s1. The Labute approximate surface area is 101 Å². The highest BCUT2D eigenvalue weighted by molar-refractivity contribution is 5.25. The molecule has 0 radical (unpaired) electrons. The van der Waals surface area contributed by atoms with Crippen molar-refractivity contribution < 1.29 is 5.11 Å². The summed E-state index contributed by atoms with van der Waals surface area (Å²) < 4.78 is 0. The fourth-order valence-corrected chi connectivity index (χ4v) is 3.37. The van der Waals surface area contributed by atoms with Crippen molar-refractivity contribution in [3.05, 3.63) is 35.9 Å². The van der Waals surface area contributed by atoms with Gasteiger partial charge in [-0.05, 0) is 18.4 Å². The molecule has 1 aromatic rings. The van der Waals surface area contributed by atoms with Crippen LogP contribution in [0.2, 0.25) is 0 Å². The first kappa shape index (κ1) is 10.6. The van der Waals surface area contributed by atoms with Crippen LogP contribution in [-0.4, -0.2) is 22.1 Å². The SMILES string of the molecule is N#CN1[C@@H]2CC[C@@H]1CC(O)(c1ccccc1)C2. The minimum Gasteiger partial charge on any atom is -0.385 e. The average molecular weight is 228 g/mol. The predicted octanol–water partition coefficient (Wildman–Crippen LogP) is 1.98. The van der Waals surface area contributed by atoms with E-state index in [4.69, 9.17) is 5.26 Å². The molecule has 0 spiro atoms. The number of benzene rings is 1. The topological polar surface area (TPSA) is 47.3 Å². The normalized spacial score (nSPS) is 35.6. The van der Waals surface area contributed by atoms with Crippen LogP contribution in [0.4, 0.5) is 0 Å². The van der Waals surface area contributed by atoms with Crippen LogP contribution in [0, 0.1) is 11.5 Å². The van der Waals surface area contributed by atoms with E-state index >= 15 is 0 Å². The van der Waals surface area contributed by atoms with Crippen molar-refractivity contribution in [2.75, 3.05) is 0 Å². The zero-order valence-corrected chi connectivity index (χ0v) is 9.71. The van der Waals surface area contributed by atoms with Gasteiger partial charge in [-0.3, -0.25) is 0 Å². The third kappa shape index (κ3) is 1.60. The minimum absolute atomic E-state index is 0.226. The lowest BCUT2D eigenvalue weighted by Gasteiger charge is -2.41. The summed E-state index contributed by atoms with van der Waals surface area (Å²) in [5.74, 6) is 0. The third-order valence-corrected chi connectivity index (χ3v) is 4.19. The van der Waals surface area contributed by atoms with Crippen LogP contribution in [-0.2, 0) is 5.60 Å². The molecule has 17 heavy (non-hydrogen) atoms. The average Bonchev–Trinajstić information content (AvgIpc) is 2.62. The highest BCUT2D eigenvalue weighted by Crippen LogP contribution is 2.45. The number of fused-ring (bicyclic) bond motifs is 2. The number of piperidine rings is 1. The molecule has 1 aromatic carbocycles. The van der Waals surface area contributed by atoms with Gasteiger partial charge >= 0.3 is 0 Å². The Kier molecular flexibility index (Phi) is 2.34. The lowest BCUT2D eigenvalue weighted by atomic mass is 9.81. The molecule has 3 nitrogen and oxygen atoms in total. The molecule has 2 fully saturated rings. The number of hydrogen-bond acceptors (Lipinski definition) is 3. The Hall–Kier alpha value is -1.53. The lowest BCUT2D eigenvalue weighted by molar-refractivity contribution is -0.0411. The van der Waals surface area contributed by atoms with E-state index in [0.29, 0.717) is 12.8 Å². The van der Waals surface area contributed by atoms with Crippen LogP contribution >= 0.6 is 0 Å². The monoisotopic (exact) mass is 228 g/mol. The summed E-state index contributed by atoms with van der Waals surface area (Å²) in [4.78, 5) is 1.89. The van der Waals surface area contributed by atoms with Gasteiger partial charge < -0.3 is 10.0 Å². The van der Waals surface area contributed by atoms with Crippen LogP contribution in [0.3, 0.4) is 0 Å². The fraction of sp³-hybridized carbons (Fsp3) is 0.500. The van der Waals surface area contributed by atoms with Gasteiger partial charge in [-0.15, -0.1) is 0 Å². The molecule has 3 rings (SSSR count). The molecule has 2 saturated heterocycles. The lowest BCUT2D eigenvalue weighted by Crippen LogP contribution is -2.47. The van der Waals surface area contributed by atoms with E-state index in [0.717, 1.165) is 18.4 Å². The maximum Gasteiger partial charge on any atom is 0.179 e. The van der Waals surface area contributed by atoms with E-state index in [1.54, 1.807) is 0 Å². The summed E-state index contributed by atoms with van der Waals surface area (Å²) in [5.41, 5.74) is 0.259. The van der Waals surface area contributed by atoms with Crippen LogP contribution in [0.5, 0.6) is 0 Å². The van der Waals surface area contributed by atoms with Gasteiger partial charge in [-0.1, -0.05) is 30.3 Å². The summed E-state index contributed by atoms with van der Waals surface area (Å²) in [6, 6.07) is 10.3. The Morgan fingerprint density at radius 2 is 1.76 bits per heavy atom. The molecule has 1 N–H and O–H groups in total. The highest BCUT2D eigenvalue weighted by Gasteiger charge is 2.48. The first-order valence-corrected chi connectivity index (χ1v) is 6.19. The van der Waals surface area contributed by atoms with E-state index in [9.17, 15) is 5.11 Å². The molecule has 0 saturated carbocycles. The molecule has 0 aliphatic carbocycles. The smallest absolute Gasteiger partial charge is 0.179 e. The molecule has 2 aliphatic rings. The van der Waals surface area contributed by atoms with Crippen molar-refractivity contribution in [2.24, 2.45) is 0 Å². The molecule has 2 atom stereocenters. The van der Waals surface area contributed by atoms with Crippen molar-refractivity contribution in [1.82, 2.24) is 4.90 Å². The molecule has 3 heteroatoms. The van der Waals surface area contributed by atoms with Crippen LogP contribution < -0.4 is 0 Å². The van der Waals surface area contributed by atoms with Crippen LogP contribution in [0.1, 0.15) is 31.2 Å². The van der Waals surface area contributed by atoms with E-state index < -0.39 is 5.60 Å². The van der Waals surface area contributed by atoms with E-state index in [1.165, 1.54) is 0 Å². The van der Waals surface area contributed by atoms with E-state index in [-0.39, 0.29) is 12.1 Å². The second kappa shape index (κ2) is 3.75. The maximum atomic E-state index is 10.8. The molecule has 0 amide bonds. The molecular formula is C14H16N2O. The Morgan fingerprint density at radius 3 is 2.29 bits per heavy atom. The minimum atomic E-state index is -0.736. The Bertz CT molecular complexity index is 437. The summed E-state index contributed by atoms with van der Waals surface area (Å²) in [6.07, 6.45) is 5.71. The van der Waals surface area contributed by atoms with Crippen LogP contribution in [0.15, 0.2) is 30.3 Å². The zero-order chi connectivity index (χ0) is 11.9. The second-order valence-corrected chi connectivity index (χ2v) is 5.20. The number of rotatable bonds is 1. The number of nitriles is 1. The largest absolute Gasteiger partial charge is 0.385 e. The van der Waals surface area contributed by atoms with Crippen molar-refractivity contribution in [3.63, 3.8) is 0 Å². The second-order valence-electron chi connectivity index (χ2n) is 5.20. The van der Waals surface area contributed by atoms with Gasteiger partial charge in [0.25, 0.3) is 0 Å². The quantitative estimate of drug-likeness (QED) is 0.748. The Balaban J connectivity index is 1.91. The summed E-state index contributed by atoms with van der Waals surface area (Å²) in [7, 11) is 0. The number of hydrogen-bond donors (Lipinski definition) is 1. The fourth-order valence-electron chi connectivity index (χ4n) is 3.37. The molecular weight excluding hydrogens is 212 g/mol. The van der Waals surface area contributed by atoms with Crippen molar-refractivity contribution in [1.29, 1.82) is 5.26 Å². The molecule has 2 aliphatic heterocycles. The van der Waals surface area contributed by atoms with E-state index in [2.05, 4.69) is 6.19 Å². The van der Waals surface area contributed by atoms with Gasteiger partial charge in [-0.25, -0.2) is 0 Å². The first-order chi connectivity index (χ1) is 8.23. The van der Waals surface area contributed by atoms with Gasteiger partial charge in [0.2, 0.25) is 0 Å². The van der Waals surface area contributed by atoms with Crippen molar-refractivity contribution >= 4 is 0 Å². The van der Waals surface area contributed by atoms with Gasteiger partial charge in [0, 0.05) is 24.9 Å². The summed E-state index contributed by atoms with van der Waals surface area (Å²) in [6.45, 7) is 0. The van der Waals surface area contributed by atoms with Crippen molar-refractivity contribution in [2.45, 2.75) is 43.4 Å². The first-order valence-electron chi connectivity index (χ1n) is 6.19. The number of aliphatic hydroxyl groups is 1. The zero-order valence-electron chi connectivity index (χ0n) is 9.71. The third-order valence-electron chi connectivity index (χ3n) is 4.19. The van der Waals surface area contributed by atoms with Crippen molar-refractivity contribution in [3.8, 4) is 6.19 Å². The van der Waals surface area contributed by atoms with Gasteiger partial charge in [0.05, 0.1) is 5.60 Å². The van der Waals surface area contributed by atoms with Crippen LogP contribution in [0.25, 0.3) is 0 Å². The highest BCUT2D eigenvalue weighted by atomic mass is 16.3. The molecule has 0 unspecified atom stereocenters. The van der Waals surface area contributed by atoms with Gasteiger partial charge in [-0.2, -0.15) is 5.26 Å². The maximum absolute atomic E-state index is 10.8. The summed E-state index contributed by atoms with van der Waals surface area (Å²) in [5, 5.41) is 19.9. The van der Waals surface area contributed by atoms with E-state index in [1.807, 2.05) is 35.2 Å².